The highest BCUT2D eigenvalue weighted by Crippen LogP contribution is 1.76. The Morgan fingerprint density at radius 3 is 1.69 bits per heavy atom. The predicted molar refractivity (Wildman–Crippen MR) is 45.2 cm³/mol. The van der Waals surface area contributed by atoms with E-state index in [-0.39, 0.29) is 6.67 Å². The summed E-state index contributed by atoms with van der Waals surface area (Å²) in [4.78, 5) is 21.3. The van der Waals surface area contributed by atoms with Crippen molar-refractivity contribution in [1.29, 1.82) is 0 Å². The highest BCUT2D eigenvalue weighted by atomic mass is 16.6. The van der Waals surface area contributed by atoms with Crippen LogP contribution in [0.15, 0.2) is 0 Å². The molecule has 0 fully saturated rings. The molecular weight excluding hydrogens is 176 g/mol. The van der Waals surface area contributed by atoms with Crippen LogP contribution in [0.2, 0.25) is 0 Å². The van der Waals surface area contributed by atoms with Gasteiger partial charge in [0.05, 0.1) is 19.9 Å². The van der Waals surface area contributed by atoms with Gasteiger partial charge >= 0.3 is 12.2 Å². The van der Waals surface area contributed by atoms with E-state index in [2.05, 4.69) is 20.1 Å². The maximum atomic E-state index is 10.7. The van der Waals surface area contributed by atoms with Crippen LogP contribution >= 0.6 is 0 Å². The molecule has 2 N–H and O–H groups in total. The summed E-state index contributed by atoms with van der Waals surface area (Å²) in [5.74, 6) is 0. The Labute approximate surface area is 76.6 Å². The Balaban J connectivity index is 3.33. The van der Waals surface area contributed by atoms with Crippen molar-refractivity contribution in [3.63, 3.8) is 0 Å². The lowest BCUT2D eigenvalue weighted by molar-refractivity contribution is 0.144. The molecule has 0 atom stereocenters. The number of carbonyl (C=O) groups excluding carboxylic acids is 2. The molecule has 0 aromatic rings. The summed E-state index contributed by atoms with van der Waals surface area (Å²) in [6, 6.07) is 0. The SMILES string of the molecule is CCOC(=O)NCNC(=O)OCC. The molecule has 0 unspecified atom stereocenters. The molecule has 2 amide bonds. The van der Waals surface area contributed by atoms with Crippen LogP contribution in [0, 0.1) is 0 Å². The minimum Gasteiger partial charge on any atom is -0.450 e. The first kappa shape index (κ1) is 11.5. The number of hydrogen-bond acceptors (Lipinski definition) is 4. The summed E-state index contributed by atoms with van der Waals surface area (Å²) >= 11 is 0. The standard InChI is InChI=1S/C7H14N2O4/c1-3-12-6(10)8-5-9-7(11)13-4-2/h3-5H2,1-2H3,(H,8,10)(H,9,11). The van der Waals surface area contributed by atoms with Crippen LogP contribution in [0.4, 0.5) is 9.59 Å². The second-order valence-corrected chi connectivity index (χ2v) is 1.97. The fourth-order valence-electron chi connectivity index (χ4n) is 0.553. The average Bonchev–Trinajstić information content (AvgIpc) is 2.05. The van der Waals surface area contributed by atoms with E-state index in [9.17, 15) is 9.59 Å². The Hall–Kier alpha value is -1.46. The van der Waals surface area contributed by atoms with Gasteiger partial charge in [0.1, 0.15) is 0 Å². The van der Waals surface area contributed by atoms with Gasteiger partial charge in [0.2, 0.25) is 0 Å². The van der Waals surface area contributed by atoms with E-state index in [0.717, 1.165) is 0 Å². The largest absolute Gasteiger partial charge is 0.450 e. The monoisotopic (exact) mass is 190 g/mol. The summed E-state index contributed by atoms with van der Waals surface area (Å²) in [5.41, 5.74) is 0. The molecule has 0 rings (SSSR count). The van der Waals surface area contributed by atoms with Crippen molar-refractivity contribution in [2.45, 2.75) is 13.8 Å². The first-order valence-electron chi connectivity index (χ1n) is 4.02. The van der Waals surface area contributed by atoms with Crippen LogP contribution in [-0.2, 0) is 9.47 Å². The minimum absolute atomic E-state index is 0.00231. The maximum absolute atomic E-state index is 10.7. The Kier molecular flexibility index (Phi) is 6.39. The first-order chi connectivity index (χ1) is 6.20. The third kappa shape index (κ3) is 6.92. The molecule has 0 aliphatic rings. The number of hydrogen-bond donors (Lipinski definition) is 2. The molecule has 0 aliphatic carbocycles. The van der Waals surface area contributed by atoms with Crippen molar-refractivity contribution in [2.75, 3.05) is 19.9 Å². The topological polar surface area (TPSA) is 76.7 Å². The first-order valence-corrected chi connectivity index (χ1v) is 4.02. The fraction of sp³-hybridized carbons (Fsp3) is 0.714. The van der Waals surface area contributed by atoms with Crippen molar-refractivity contribution in [3.8, 4) is 0 Å². The fourth-order valence-corrected chi connectivity index (χ4v) is 0.553. The van der Waals surface area contributed by atoms with Gasteiger partial charge in [-0.1, -0.05) is 0 Å². The summed E-state index contributed by atoms with van der Waals surface area (Å²) in [6.45, 7) is 3.98. The summed E-state index contributed by atoms with van der Waals surface area (Å²) in [7, 11) is 0. The van der Waals surface area contributed by atoms with Gasteiger partial charge in [-0.25, -0.2) is 9.59 Å². The van der Waals surface area contributed by atoms with Gasteiger partial charge in [-0.15, -0.1) is 0 Å². The van der Waals surface area contributed by atoms with E-state index in [4.69, 9.17) is 0 Å². The number of nitrogens with one attached hydrogen (secondary N) is 2. The molecule has 13 heavy (non-hydrogen) atoms. The number of rotatable bonds is 4. The van der Waals surface area contributed by atoms with E-state index in [1.807, 2.05) is 0 Å². The molecule has 0 saturated heterocycles. The van der Waals surface area contributed by atoms with E-state index in [0.29, 0.717) is 13.2 Å². The average molecular weight is 190 g/mol. The lowest BCUT2D eigenvalue weighted by atomic mass is 10.8. The Morgan fingerprint density at radius 2 is 1.38 bits per heavy atom. The molecule has 0 saturated carbocycles. The van der Waals surface area contributed by atoms with Crippen molar-refractivity contribution < 1.29 is 19.1 Å². The van der Waals surface area contributed by atoms with Gasteiger partial charge in [-0.3, -0.25) is 0 Å². The molecule has 76 valence electrons. The molecule has 6 heteroatoms. The summed E-state index contributed by atoms with van der Waals surface area (Å²) in [5, 5.41) is 4.60. The minimum atomic E-state index is -0.570. The molecule has 0 spiro atoms. The molecule has 0 aliphatic heterocycles. The smallest absolute Gasteiger partial charge is 0.408 e. The third-order valence-electron chi connectivity index (χ3n) is 1.02. The molecular formula is C7H14N2O4. The van der Waals surface area contributed by atoms with Crippen LogP contribution in [0.1, 0.15) is 13.8 Å². The van der Waals surface area contributed by atoms with Crippen molar-refractivity contribution in [1.82, 2.24) is 10.6 Å². The third-order valence-corrected chi connectivity index (χ3v) is 1.02. The molecule has 0 heterocycles. The number of carbonyl (C=O) groups is 2. The lowest BCUT2D eigenvalue weighted by Gasteiger charge is -2.06. The van der Waals surface area contributed by atoms with Gasteiger partial charge in [-0.2, -0.15) is 0 Å². The lowest BCUT2D eigenvalue weighted by Crippen LogP contribution is -2.37. The Bertz CT molecular complexity index is 154. The van der Waals surface area contributed by atoms with Crippen LogP contribution < -0.4 is 10.6 Å². The second-order valence-electron chi connectivity index (χ2n) is 1.97. The van der Waals surface area contributed by atoms with Crippen LogP contribution in [-0.4, -0.2) is 32.1 Å². The van der Waals surface area contributed by atoms with Gasteiger partial charge < -0.3 is 20.1 Å². The summed E-state index contributed by atoms with van der Waals surface area (Å²) < 4.78 is 9.08. The normalized spacial score (nSPS) is 8.77. The highest BCUT2D eigenvalue weighted by molar-refractivity contribution is 5.69. The molecule has 0 aromatic heterocycles. The second kappa shape index (κ2) is 7.20. The van der Waals surface area contributed by atoms with E-state index in [1.54, 1.807) is 13.8 Å². The van der Waals surface area contributed by atoms with Crippen LogP contribution in [0.3, 0.4) is 0 Å². The Morgan fingerprint density at radius 1 is 1.00 bits per heavy atom. The van der Waals surface area contributed by atoms with Crippen molar-refractivity contribution in [2.24, 2.45) is 0 Å². The maximum Gasteiger partial charge on any atom is 0.408 e. The molecule has 0 bridgehead atoms. The zero-order chi connectivity index (χ0) is 10.1. The van der Waals surface area contributed by atoms with E-state index < -0.39 is 12.2 Å². The predicted octanol–water partition coefficient (Wildman–Crippen LogP) is 0.436. The van der Waals surface area contributed by atoms with Gasteiger partial charge in [0, 0.05) is 0 Å². The molecule has 6 nitrogen and oxygen atoms in total. The number of alkyl carbamates (subject to hydrolysis) is 2. The zero-order valence-corrected chi connectivity index (χ0v) is 7.75. The van der Waals surface area contributed by atoms with Gasteiger partial charge in [0.15, 0.2) is 0 Å². The van der Waals surface area contributed by atoms with Gasteiger partial charge in [0.25, 0.3) is 0 Å². The van der Waals surface area contributed by atoms with Crippen molar-refractivity contribution in [3.05, 3.63) is 0 Å². The molecule has 0 radical (unpaired) electrons. The summed E-state index contributed by atoms with van der Waals surface area (Å²) in [6.07, 6.45) is -1.14. The van der Waals surface area contributed by atoms with Gasteiger partial charge in [-0.05, 0) is 13.8 Å². The molecule has 0 aromatic carbocycles. The quantitative estimate of drug-likeness (QED) is 0.630. The zero-order valence-electron chi connectivity index (χ0n) is 7.75. The van der Waals surface area contributed by atoms with Crippen LogP contribution in [0.25, 0.3) is 0 Å². The van der Waals surface area contributed by atoms with E-state index >= 15 is 0 Å². The highest BCUT2D eigenvalue weighted by Gasteiger charge is 2.01. The van der Waals surface area contributed by atoms with E-state index in [1.165, 1.54) is 0 Å². The van der Waals surface area contributed by atoms with Crippen LogP contribution in [0.5, 0.6) is 0 Å². The van der Waals surface area contributed by atoms with Crippen molar-refractivity contribution >= 4 is 12.2 Å². The number of ether oxygens (including phenoxy) is 2. The number of amides is 2.